The third-order valence-electron chi connectivity index (χ3n) is 3.08. The van der Waals surface area contributed by atoms with Crippen molar-refractivity contribution >= 4 is 44.0 Å². The van der Waals surface area contributed by atoms with Crippen LogP contribution in [0.2, 0.25) is 0 Å². The zero-order valence-corrected chi connectivity index (χ0v) is 16.0. The van der Waals surface area contributed by atoms with Gasteiger partial charge in [-0.25, -0.2) is 5.43 Å². The van der Waals surface area contributed by atoms with Gasteiger partial charge in [0.2, 0.25) is 0 Å². The summed E-state index contributed by atoms with van der Waals surface area (Å²) in [7, 11) is 3.08. The zero-order chi connectivity index (χ0) is 17.7. The number of methoxy groups -OCH3 is 2. The monoisotopic (exact) mass is 456 g/mol. The van der Waals surface area contributed by atoms with Crippen molar-refractivity contribution in [2.24, 2.45) is 5.10 Å². The number of nitrogens with zero attached hydrogens (tertiary/aromatic N) is 1. The summed E-state index contributed by atoms with van der Waals surface area (Å²) in [6.45, 7) is 0. The lowest BCUT2D eigenvalue weighted by Gasteiger charge is -2.09. The van der Waals surface area contributed by atoms with Gasteiger partial charge in [-0.15, -0.1) is 0 Å². The van der Waals surface area contributed by atoms with Crippen molar-refractivity contribution in [3.8, 4) is 17.2 Å². The van der Waals surface area contributed by atoms with Gasteiger partial charge in [-0.2, -0.15) is 5.10 Å². The van der Waals surface area contributed by atoms with Crippen LogP contribution in [0, 0.1) is 0 Å². The molecule has 0 fully saturated rings. The van der Waals surface area contributed by atoms with Gasteiger partial charge in [0.05, 0.1) is 30.5 Å². The third kappa shape index (κ3) is 4.27. The number of benzene rings is 2. The molecule has 0 bridgehead atoms. The molecule has 0 radical (unpaired) electrons. The summed E-state index contributed by atoms with van der Waals surface area (Å²) in [6, 6.07) is 8.02. The molecule has 0 aromatic heterocycles. The Hall–Kier alpha value is -2.06. The predicted molar refractivity (Wildman–Crippen MR) is 98.1 cm³/mol. The fourth-order valence-corrected chi connectivity index (χ4v) is 2.78. The fraction of sp³-hybridized carbons (Fsp3) is 0.125. The minimum Gasteiger partial charge on any atom is -0.507 e. The number of phenols is 1. The molecule has 0 aliphatic carbocycles. The summed E-state index contributed by atoms with van der Waals surface area (Å²) in [6.07, 6.45) is 1.44. The number of amides is 1. The number of ether oxygens (including phenoxy) is 2. The highest BCUT2D eigenvalue weighted by Crippen LogP contribution is 2.32. The lowest BCUT2D eigenvalue weighted by molar-refractivity contribution is 0.0952. The summed E-state index contributed by atoms with van der Waals surface area (Å²) in [5.41, 5.74) is 3.12. The van der Waals surface area contributed by atoms with E-state index in [2.05, 4.69) is 42.4 Å². The number of carbonyl (C=O) groups excluding carboxylic acids is 1. The molecule has 0 atom stereocenters. The maximum absolute atomic E-state index is 12.1. The van der Waals surface area contributed by atoms with E-state index in [-0.39, 0.29) is 11.3 Å². The number of hydrogen-bond acceptors (Lipinski definition) is 5. The SMILES string of the molecule is COc1cc(OC)c(C=NNC(=O)c2cc(Br)ccc2O)cc1Br. The van der Waals surface area contributed by atoms with Crippen LogP contribution in [-0.4, -0.2) is 31.4 Å². The second-order valence-electron chi connectivity index (χ2n) is 4.59. The topological polar surface area (TPSA) is 80.2 Å². The Kier molecular flexibility index (Phi) is 6.22. The molecule has 24 heavy (non-hydrogen) atoms. The highest BCUT2D eigenvalue weighted by atomic mass is 79.9. The molecule has 0 aliphatic heterocycles. The minimum absolute atomic E-state index is 0.115. The Labute approximate surface area is 155 Å². The first kappa shape index (κ1) is 18.3. The van der Waals surface area contributed by atoms with Crippen LogP contribution in [-0.2, 0) is 0 Å². The van der Waals surface area contributed by atoms with Gasteiger partial charge in [0.25, 0.3) is 5.91 Å². The van der Waals surface area contributed by atoms with Crippen molar-refractivity contribution in [1.29, 1.82) is 0 Å². The lowest BCUT2D eigenvalue weighted by atomic mass is 10.2. The van der Waals surface area contributed by atoms with Crippen molar-refractivity contribution in [2.45, 2.75) is 0 Å². The number of carbonyl (C=O) groups is 1. The van der Waals surface area contributed by atoms with Gasteiger partial charge in [0, 0.05) is 16.1 Å². The molecule has 0 saturated heterocycles. The molecular weight excluding hydrogens is 444 g/mol. The van der Waals surface area contributed by atoms with Crippen molar-refractivity contribution in [2.75, 3.05) is 14.2 Å². The summed E-state index contributed by atoms with van der Waals surface area (Å²) in [4.78, 5) is 12.1. The molecule has 2 aromatic rings. The van der Waals surface area contributed by atoms with E-state index in [1.807, 2.05) is 0 Å². The van der Waals surface area contributed by atoms with Crippen molar-refractivity contribution in [3.05, 3.63) is 50.4 Å². The molecule has 8 heteroatoms. The molecule has 1 amide bonds. The van der Waals surface area contributed by atoms with E-state index < -0.39 is 5.91 Å². The quantitative estimate of drug-likeness (QED) is 0.530. The van der Waals surface area contributed by atoms with Crippen molar-refractivity contribution in [1.82, 2.24) is 5.43 Å². The Morgan fingerprint density at radius 1 is 1.17 bits per heavy atom. The second-order valence-corrected chi connectivity index (χ2v) is 6.36. The molecule has 0 unspecified atom stereocenters. The minimum atomic E-state index is -0.531. The fourth-order valence-electron chi connectivity index (χ4n) is 1.90. The number of phenolic OH excluding ortho intramolecular Hbond substituents is 1. The molecule has 6 nitrogen and oxygen atoms in total. The van der Waals surface area contributed by atoms with Crippen LogP contribution in [0.4, 0.5) is 0 Å². The largest absolute Gasteiger partial charge is 0.507 e. The average Bonchev–Trinajstić information content (AvgIpc) is 2.57. The first-order valence-electron chi connectivity index (χ1n) is 6.69. The van der Waals surface area contributed by atoms with Gasteiger partial charge in [-0.3, -0.25) is 4.79 Å². The maximum atomic E-state index is 12.1. The number of rotatable bonds is 5. The molecule has 2 rings (SSSR count). The third-order valence-corrected chi connectivity index (χ3v) is 4.19. The first-order chi connectivity index (χ1) is 11.5. The molecule has 0 aliphatic rings. The Morgan fingerprint density at radius 3 is 2.54 bits per heavy atom. The standard InChI is InChI=1S/C16H14Br2N2O4/c1-23-14-7-15(24-2)12(18)5-9(14)8-19-20-16(22)11-6-10(17)3-4-13(11)21/h3-8,21H,1-2H3,(H,20,22). The molecule has 0 saturated carbocycles. The molecule has 0 spiro atoms. The smallest absolute Gasteiger partial charge is 0.275 e. The van der Waals surface area contributed by atoms with Crippen LogP contribution < -0.4 is 14.9 Å². The number of hydrazone groups is 1. The highest BCUT2D eigenvalue weighted by molar-refractivity contribution is 9.10. The van der Waals surface area contributed by atoms with E-state index in [1.165, 1.54) is 25.5 Å². The van der Waals surface area contributed by atoms with E-state index in [4.69, 9.17) is 9.47 Å². The Balaban J connectivity index is 2.18. The molecule has 2 N–H and O–H groups in total. The van der Waals surface area contributed by atoms with E-state index in [0.717, 1.165) is 4.47 Å². The first-order valence-corrected chi connectivity index (χ1v) is 8.28. The van der Waals surface area contributed by atoms with Gasteiger partial charge >= 0.3 is 0 Å². The van der Waals surface area contributed by atoms with E-state index in [9.17, 15) is 9.90 Å². The molecule has 2 aromatic carbocycles. The van der Waals surface area contributed by atoms with Crippen LogP contribution in [0.15, 0.2) is 44.4 Å². The van der Waals surface area contributed by atoms with Crippen LogP contribution in [0.3, 0.4) is 0 Å². The van der Waals surface area contributed by atoms with Crippen LogP contribution in [0.5, 0.6) is 17.2 Å². The van der Waals surface area contributed by atoms with Crippen LogP contribution >= 0.6 is 31.9 Å². The normalized spacial score (nSPS) is 10.7. The number of aromatic hydroxyl groups is 1. The summed E-state index contributed by atoms with van der Waals surface area (Å²) < 4.78 is 11.9. The Bertz CT molecular complexity index is 794. The van der Waals surface area contributed by atoms with Gasteiger partial charge in [-0.05, 0) is 40.2 Å². The van der Waals surface area contributed by atoms with Gasteiger partial charge in [0.1, 0.15) is 17.2 Å². The predicted octanol–water partition coefficient (Wildman–Crippen LogP) is 3.70. The van der Waals surface area contributed by atoms with Crippen LogP contribution in [0.1, 0.15) is 15.9 Å². The van der Waals surface area contributed by atoms with E-state index in [0.29, 0.717) is 21.5 Å². The summed E-state index contributed by atoms with van der Waals surface area (Å²) in [5.74, 6) is 0.498. The van der Waals surface area contributed by atoms with Crippen molar-refractivity contribution < 1.29 is 19.4 Å². The molecule has 0 heterocycles. The maximum Gasteiger partial charge on any atom is 0.275 e. The van der Waals surface area contributed by atoms with Gasteiger partial charge < -0.3 is 14.6 Å². The average molecular weight is 458 g/mol. The highest BCUT2D eigenvalue weighted by Gasteiger charge is 2.11. The molecule has 126 valence electrons. The summed E-state index contributed by atoms with van der Waals surface area (Å²) in [5, 5.41) is 13.6. The van der Waals surface area contributed by atoms with E-state index >= 15 is 0 Å². The van der Waals surface area contributed by atoms with Gasteiger partial charge in [0.15, 0.2) is 0 Å². The van der Waals surface area contributed by atoms with E-state index in [1.54, 1.807) is 25.3 Å². The summed E-state index contributed by atoms with van der Waals surface area (Å²) >= 11 is 6.62. The zero-order valence-electron chi connectivity index (χ0n) is 12.8. The van der Waals surface area contributed by atoms with Gasteiger partial charge in [-0.1, -0.05) is 15.9 Å². The van der Waals surface area contributed by atoms with Crippen molar-refractivity contribution in [3.63, 3.8) is 0 Å². The van der Waals surface area contributed by atoms with Crippen LogP contribution in [0.25, 0.3) is 0 Å². The second kappa shape index (κ2) is 8.16. The molecular formula is C16H14Br2N2O4. The number of hydrogen-bond donors (Lipinski definition) is 2. The Morgan fingerprint density at radius 2 is 1.88 bits per heavy atom. The number of halogens is 2. The lowest BCUT2D eigenvalue weighted by Crippen LogP contribution is -2.17. The number of nitrogens with one attached hydrogen (secondary N) is 1.